The van der Waals surface area contributed by atoms with Gasteiger partial charge in [0.1, 0.15) is 5.75 Å². The summed E-state index contributed by atoms with van der Waals surface area (Å²) in [6.07, 6.45) is 0.966. The average Bonchev–Trinajstić information content (AvgIpc) is 2.80. The summed E-state index contributed by atoms with van der Waals surface area (Å²) in [5.74, 6) is -0.0395. The fourth-order valence-electron chi connectivity index (χ4n) is 2.00. The summed E-state index contributed by atoms with van der Waals surface area (Å²) in [7, 11) is 1.90. The van der Waals surface area contributed by atoms with Gasteiger partial charge in [-0.2, -0.15) is 0 Å². The molecule has 1 heterocycles. The molecule has 1 aliphatic rings. The van der Waals surface area contributed by atoms with Gasteiger partial charge in [-0.3, -0.25) is 4.79 Å². The maximum atomic E-state index is 12.1. The molecule has 0 bridgehead atoms. The summed E-state index contributed by atoms with van der Waals surface area (Å²) in [5, 5.41) is 12.7. The number of nitrogens with zero attached hydrogens (tertiary/aromatic N) is 1. The predicted octanol–water partition coefficient (Wildman–Crippen LogP) is 1.48. The molecule has 5 heteroatoms. The van der Waals surface area contributed by atoms with E-state index < -0.39 is 0 Å². The van der Waals surface area contributed by atoms with Crippen LogP contribution in [0.15, 0.2) is 18.2 Å². The van der Waals surface area contributed by atoms with Gasteiger partial charge in [0.2, 0.25) is 0 Å². The van der Waals surface area contributed by atoms with Crippen molar-refractivity contribution in [2.24, 2.45) is 0 Å². The fourth-order valence-corrected chi connectivity index (χ4v) is 2.18. The highest BCUT2D eigenvalue weighted by Crippen LogP contribution is 2.25. The number of amides is 1. The topological polar surface area (TPSA) is 52.6 Å². The van der Waals surface area contributed by atoms with Crippen molar-refractivity contribution in [1.29, 1.82) is 0 Å². The molecule has 1 atom stereocenters. The third-order valence-corrected chi connectivity index (χ3v) is 3.38. The van der Waals surface area contributed by atoms with Gasteiger partial charge in [-0.15, -0.1) is 0 Å². The van der Waals surface area contributed by atoms with Gasteiger partial charge < -0.3 is 15.3 Å². The Balaban J connectivity index is 2.12. The zero-order valence-corrected chi connectivity index (χ0v) is 10.4. The molecule has 0 saturated carbocycles. The van der Waals surface area contributed by atoms with Crippen LogP contribution in [0.25, 0.3) is 0 Å². The molecule has 1 aromatic rings. The van der Waals surface area contributed by atoms with E-state index in [1.165, 1.54) is 12.1 Å². The predicted molar refractivity (Wildman–Crippen MR) is 66.5 cm³/mol. The van der Waals surface area contributed by atoms with Crippen molar-refractivity contribution in [2.75, 3.05) is 20.1 Å². The summed E-state index contributed by atoms with van der Waals surface area (Å²) in [6.45, 7) is 1.47. The number of rotatable bonds is 2. The second kappa shape index (κ2) is 4.94. The van der Waals surface area contributed by atoms with E-state index in [1.54, 1.807) is 11.0 Å². The molecule has 2 N–H and O–H groups in total. The molecule has 1 aromatic carbocycles. The number of hydrogen-bond donors (Lipinski definition) is 2. The van der Waals surface area contributed by atoms with Crippen LogP contribution in [0.2, 0.25) is 5.02 Å². The first kappa shape index (κ1) is 12.2. The van der Waals surface area contributed by atoms with Crippen LogP contribution < -0.4 is 5.32 Å². The Kier molecular flexibility index (Phi) is 3.54. The molecule has 0 radical (unpaired) electrons. The first-order valence-electron chi connectivity index (χ1n) is 5.57. The minimum absolute atomic E-state index is 0.00209. The molecule has 4 nitrogen and oxygen atoms in total. The van der Waals surface area contributed by atoms with Gasteiger partial charge in [-0.1, -0.05) is 11.6 Å². The minimum Gasteiger partial charge on any atom is -0.506 e. The Hall–Kier alpha value is -1.26. The lowest BCUT2D eigenvalue weighted by Crippen LogP contribution is -2.33. The molecule has 0 aromatic heterocycles. The number of carbonyl (C=O) groups is 1. The number of likely N-dealkylation sites (tertiary alicyclic amines) is 1. The first-order chi connectivity index (χ1) is 8.11. The standard InChI is InChI=1S/C12H15ClN2O2/c1-14-9-4-5-15(7-9)12(17)8-2-3-11(16)10(13)6-8/h2-3,6,9,14,16H,4-5,7H2,1H3. The quantitative estimate of drug-likeness (QED) is 0.841. The summed E-state index contributed by atoms with van der Waals surface area (Å²) >= 11 is 5.79. The minimum atomic E-state index is -0.0374. The Morgan fingerprint density at radius 3 is 2.94 bits per heavy atom. The lowest BCUT2D eigenvalue weighted by atomic mass is 10.2. The van der Waals surface area contributed by atoms with Crippen molar-refractivity contribution in [3.8, 4) is 5.75 Å². The van der Waals surface area contributed by atoms with E-state index in [9.17, 15) is 9.90 Å². The van der Waals surface area contributed by atoms with Gasteiger partial charge in [0.15, 0.2) is 0 Å². The summed E-state index contributed by atoms with van der Waals surface area (Å²) in [6, 6.07) is 4.91. The molecule has 1 aliphatic heterocycles. The first-order valence-corrected chi connectivity index (χ1v) is 5.94. The van der Waals surface area contributed by atoms with Crippen LogP contribution in [0.4, 0.5) is 0 Å². The molecule has 0 spiro atoms. The zero-order valence-electron chi connectivity index (χ0n) is 9.61. The Bertz CT molecular complexity index is 437. The number of benzene rings is 1. The van der Waals surface area contributed by atoms with Crippen LogP contribution in [-0.2, 0) is 0 Å². The van der Waals surface area contributed by atoms with E-state index in [2.05, 4.69) is 5.32 Å². The Labute approximate surface area is 105 Å². The SMILES string of the molecule is CNC1CCN(C(=O)c2ccc(O)c(Cl)c2)C1. The number of likely N-dealkylation sites (N-methyl/N-ethyl adjacent to an activating group) is 1. The maximum Gasteiger partial charge on any atom is 0.253 e. The third kappa shape index (κ3) is 2.53. The van der Waals surface area contributed by atoms with Crippen molar-refractivity contribution in [3.63, 3.8) is 0 Å². The molecule has 1 fully saturated rings. The smallest absolute Gasteiger partial charge is 0.253 e. The van der Waals surface area contributed by atoms with E-state index in [0.717, 1.165) is 13.0 Å². The van der Waals surface area contributed by atoms with Gasteiger partial charge in [-0.25, -0.2) is 0 Å². The van der Waals surface area contributed by atoms with Crippen LogP contribution in [0.5, 0.6) is 5.75 Å². The van der Waals surface area contributed by atoms with Crippen molar-refractivity contribution in [3.05, 3.63) is 28.8 Å². The summed E-state index contributed by atoms with van der Waals surface area (Å²) in [4.78, 5) is 13.9. The summed E-state index contributed by atoms with van der Waals surface area (Å²) < 4.78 is 0. The monoisotopic (exact) mass is 254 g/mol. The number of hydrogen-bond acceptors (Lipinski definition) is 3. The molecular formula is C12H15ClN2O2. The summed E-state index contributed by atoms with van der Waals surface area (Å²) in [5.41, 5.74) is 0.518. The van der Waals surface area contributed by atoms with Crippen LogP contribution in [0, 0.1) is 0 Å². The Morgan fingerprint density at radius 2 is 2.35 bits per heavy atom. The van der Waals surface area contributed by atoms with Gasteiger partial charge in [0, 0.05) is 24.7 Å². The van der Waals surface area contributed by atoms with Crippen LogP contribution in [0.1, 0.15) is 16.8 Å². The number of nitrogens with one attached hydrogen (secondary N) is 1. The van der Waals surface area contributed by atoms with Crippen LogP contribution in [0.3, 0.4) is 0 Å². The van der Waals surface area contributed by atoms with Gasteiger partial charge in [-0.05, 0) is 31.7 Å². The van der Waals surface area contributed by atoms with E-state index in [-0.39, 0.29) is 16.7 Å². The van der Waals surface area contributed by atoms with Gasteiger partial charge in [0.25, 0.3) is 5.91 Å². The van der Waals surface area contributed by atoms with E-state index in [1.807, 2.05) is 7.05 Å². The molecule has 1 saturated heterocycles. The van der Waals surface area contributed by atoms with Crippen molar-refractivity contribution >= 4 is 17.5 Å². The fraction of sp³-hybridized carbons (Fsp3) is 0.417. The van der Waals surface area contributed by atoms with E-state index >= 15 is 0 Å². The molecule has 17 heavy (non-hydrogen) atoms. The zero-order chi connectivity index (χ0) is 12.4. The number of phenolic OH excluding ortho intramolecular Hbond substituents is 1. The molecule has 0 aliphatic carbocycles. The molecule has 2 rings (SSSR count). The Morgan fingerprint density at radius 1 is 1.59 bits per heavy atom. The molecule has 1 amide bonds. The number of phenols is 1. The normalized spacial score (nSPS) is 19.6. The molecular weight excluding hydrogens is 240 g/mol. The second-order valence-electron chi connectivity index (χ2n) is 4.19. The molecule has 1 unspecified atom stereocenters. The largest absolute Gasteiger partial charge is 0.506 e. The van der Waals surface area contributed by atoms with E-state index in [4.69, 9.17) is 11.6 Å². The van der Waals surface area contributed by atoms with Crippen LogP contribution >= 0.6 is 11.6 Å². The molecule has 92 valence electrons. The van der Waals surface area contributed by atoms with Crippen molar-refractivity contribution < 1.29 is 9.90 Å². The highest BCUT2D eigenvalue weighted by molar-refractivity contribution is 6.32. The number of carbonyl (C=O) groups excluding carboxylic acids is 1. The average molecular weight is 255 g/mol. The van der Waals surface area contributed by atoms with Crippen molar-refractivity contribution in [2.45, 2.75) is 12.5 Å². The number of halogens is 1. The second-order valence-corrected chi connectivity index (χ2v) is 4.60. The number of aromatic hydroxyl groups is 1. The van der Waals surface area contributed by atoms with Crippen LogP contribution in [-0.4, -0.2) is 42.1 Å². The maximum absolute atomic E-state index is 12.1. The third-order valence-electron chi connectivity index (χ3n) is 3.08. The van der Waals surface area contributed by atoms with E-state index in [0.29, 0.717) is 18.2 Å². The highest BCUT2D eigenvalue weighted by Gasteiger charge is 2.25. The van der Waals surface area contributed by atoms with Gasteiger partial charge in [0.05, 0.1) is 5.02 Å². The lowest BCUT2D eigenvalue weighted by molar-refractivity contribution is 0.0789. The van der Waals surface area contributed by atoms with Crippen molar-refractivity contribution in [1.82, 2.24) is 10.2 Å². The van der Waals surface area contributed by atoms with Gasteiger partial charge >= 0.3 is 0 Å². The lowest BCUT2D eigenvalue weighted by Gasteiger charge is -2.16. The highest BCUT2D eigenvalue weighted by atomic mass is 35.5.